The van der Waals surface area contributed by atoms with Crippen molar-refractivity contribution in [3.05, 3.63) is 52.5 Å². The monoisotopic (exact) mass is 219 g/mol. The highest BCUT2D eigenvalue weighted by Gasteiger charge is 2.10. The maximum absolute atomic E-state index is 5.55. The van der Waals surface area contributed by atoms with Crippen molar-refractivity contribution in [1.29, 1.82) is 0 Å². The summed E-state index contributed by atoms with van der Waals surface area (Å²) in [5.41, 5.74) is 5.31. The SMILES string of the molecule is NNC(Cc1ccncc1)c1ccsc1. The van der Waals surface area contributed by atoms with Crippen molar-refractivity contribution in [3.63, 3.8) is 0 Å². The molecule has 1 atom stereocenters. The molecule has 0 aliphatic rings. The summed E-state index contributed by atoms with van der Waals surface area (Å²) in [5, 5.41) is 4.18. The number of nitrogens with one attached hydrogen (secondary N) is 1. The minimum atomic E-state index is 0.179. The highest BCUT2D eigenvalue weighted by Crippen LogP contribution is 2.19. The van der Waals surface area contributed by atoms with Crippen LogP contribution in [0.5, 0.6) is 0 Å². The maximum Gasteiger partial charge on any atom is 0.0508 e. The van der Waals surface area contributed by atoms with E-state index >= 15 is 0 Å². The molecule has 0 fully saturated rings. The number of thiophene rings is 1. The van der Waals surface area contributed by atoms with Crippen LogP contribution in [-0.2, 0) is 6.42 Å². The first-order valence-electron chi connectivity index (χ1n) is 4.77. The molecule has 2 heterocycles. The van der Waals surface area contributed by atoms with E-state index in [4.69, 9.17) is 5.84 Å². The molecule has 0 aliphatic carbocycles. The van der Waals surface area contributed by atoms with Crippen LogP contribution in [0.1, 0.15) is 17.2 Å². The Morgan fingerprint density at radius 3 is 2.73 bits per heavy atom. The first kappa shape index (κ1) is 10.3. The van der Waals surface area contributed by atoms with Gasteiger partial charge >= 0.3 is 0 Å². The van der Waals surface area contributed by atoms with Gasteiger partial charge in [0.15, 0.2) is 0 Å². The van der Waals surface area contributed by atoms with Crippen LogP contribution in [0.3, 0.4) is 0 Å². The fourth-order valence-corrected chi connectivity index (χ4v) is 2.22. The summed E-state index contributed by atoms with van der Waals surface area (Å²) < 4.78 is 0. The topological polar surface area (TPSA) is 50.9 Å². The number of pyridine rings is 1. The van der Waals surface area contributed by atoms with Crippen molar-refractivity contribution < 1.29 is 0 Å². The van der Waals surface area contributed by atoms with E-state index in [9.17, 15) is 0 Å². The molecule has 0 spiro atoms. The minimum Gasteiger partial charge on any atom is -0.271 e. The molecule has 2 rings (SSSR count). The molecule has 4 heteroatoms. The molecule has 0 aromatic carbocycles. The van der Waals surface area contributed by atoms with Gasteiger partial charge in [-0.3, -0.25) is 16.3 Å². The second-order valence-electron chi connectivity index (χ2n) is 3.34. The van der Waals surface area contributed by atoms with Crippen molar-refractivity contribution in [3.8, 4) is 0 Å². The summed E-state index contributed by atoms with van der Waals surface area (Å²) in [6, 6.07) is 6.29. The lowest BCUT2D eigenvalue weighted by atomic mass is 10.0. The number of nitrogens with two attached hydrogens (primary N) is 1. The molecule has 2 aromatic heterocycles. The lowest BCUT2D eigenvalue weighted by Gasteiger charge is -2.14. The highest BCUT2D eigenvalue weighted by molar-refractivity contribution is 7.07. The molecule has 0 bridgehead atoms. The molecule has 2 aromatic rings. The number of hydrazine groups is 1. The third-order valence-electron chi connectivity index (χ3n) is 2.34. The van der Waals surface area contributed by atoms with Gasteiger partial charge in [-0.25, -0.2) is 0 Å². The molecule has 15 heavy (non-hydrogen) atoms. The number of hydrogen-bond donors (Lipinski definition) is 2. The lowest BCUT2D eigenvalue weighted by Crippen LogP contribution is -2.29. The second kappa shape index (κ2) is 5.02. The first-order valence-corrected chi connectivity index (χ1v) is 5.71. The predicted molar refractivity (Wildman–Crippen MR) is 62.3 cm³/mol. The Morgan fingerprint density at radius 1 is 1.33 bits per heavy atom. The van der Waals surface area contributed by atoms with Crippen LogP contribution in [-0.4, -0.2) is 4.98 Å². The molecule has 0 aliphatic heterocycles. The smallest absolute Gasteiger partial charge is 0.0508 e. The molecular weight excluding hydrogens is 206 g/mol. The Bertz CT molecular complexity index is 385. The van der Waals surface area contributed by atoms with E-state index in [0.717, 1.165) is 6.42 Å². The van der Waals surface area contributed by atoms with Crippen molar-refractivity contribution in [2.75, 3.05) is 0 Å². The van der Waals surface area contributed by atoms with Crippen LogP contribution < -0.4 is 11.3 Å². The zero-order valence-corrected chi connectivity index (χ0v) is 9.08. The normalized spacial score (nSPS) is 12.6. The zero-order chi connectivity index (χ0) is 10.5. The van der Waals surface area contributed by atoms with Gasteiger partial charge in [0.2, 0.25) is 0 Å². The second-order valence-corrected chi connectivity index (χ2v) is 4.12. The molecule has 1 unspecified atom stereocenters. The molecule has 78 valence electrons. The summed E-state index contributed by atoms with van der Waals surface area (Å²) in [7, 11) is 0. The molecule has 0 amide bonds. The molecule has 0 saturated carbocycles. The Kier molecular flexibility index (Phi) is 3.45. The third-order valence-corrected chi connectivity index (χ3v) is 3.04. The summed E-state index contributed by atoms with van der Waals surface area (Å²) in [4.78, 5) is 3.99. The van der Waals surface area contributed by atoms with Gasteiger partial charge in [-0.2, -0.15) is 11.3 Å². The average Bonchev–Trinajstić information content (AvgIpc) is 2.81. The quantitative estimate of drug-likeness (QED) is 0.610. The van der Waals surface area contributed by atoms with Gasteiger partial charge in [-0.05, 0) is 46.5 Å². The fraction of sp³-hybridized carbons (Fsp3) is 0.182. The van der Waals surface area contributed by atoms with E-state index in [1.165, 1.54) is 11.1 Å². The molecule has 3 nitrogen and oxygen atoms in total. The van der Waals surface area contributed by atoms with E-state index in [1.54, 1.807) is 23.7 Å². The van der Waals surface area contributed by atoms with Crippen molar-refractivity contribution in [1.82, 2.24) is 10.4 Å². The van der Waals surface area contributed by atoms with Crippen molar-refractivity contribution in [2.24, 2.45) is 5.84 Å². The van der Waals surface area contributed by atoms with Crippen LogP contribution in [0.25, 0.3) is 0 Å². The first-order chi connectivity index (χ1) is 7.40. The van der Waals surface area contributed by atoms with Gasteiger partial charge in [-0.1, -0.05) is 0 Å². The standard InChI is InChI=1S/C11H13N3S/c12-14-11(10-3-6-15-8-10)7-9-1-4-13-5-2-9/h1-6,8,11,14H,7,12H2. The van der Waals surface area contributed by atoms with Gasteiger partial charge < -0.3 is 0 Å². The summed E-state index contributed by atoms with van der Waals surface area (Å²) >= 11 is 1.69. The van der Waals surface area contributed by atoms with Gasteiger partial charge in [-0.15, -0.1) is 0 Å². The minimum absolute atomic E-state index is 0.179. The highest BCUT2D eigenvalue weighted by atomic mass is 32.1. The summed E-state index contributed by atoms with van der Waals surface area (Å²) in [6.07, 6.45) is 4.49. The lowest BCUT2D eigenvalue weighted by molar-refractivity contribution is 0.553. The number of nitrogens with zero attached hydrogens (tertiary/aromatic N) is 1. The van der Waals surface area contributed by atoms with Gasteiger partial charge in [0.1, 0.15) is 0 Å². The average molecular weight is 219 g/mol. The van der Waals surface area contributed by atoms with E-state index in [2.05, 4.69) is 27.2 Å². The zero-order valence-electron chi connectivity index (χ0n) is 8.26. The van der Waals surface area contributed by atoms with Crippen LogP contribution in [0.4, 0.5) is 0 Å². The fourth-order valence-electron chi connectivity index (χ4n) is 1.50. The molecule has 0 radical (unpaired) electrons. The predicted octanol–water partition coefficient (Wildman–Crippen LogP) is 1.89. The van der Waals surface area contributed by atoms with Crippen molar-refractivity contribution in [2.45, 2.75) is 12.5 Å². The summed E-state index contributed by atoms with van der Waals surface area (Å²) in [6.45, 7) is 0. The van der Waals surface area contributed by atoms with E-state index in [-0.39, 0.29) is 6.04 Å². The number of rotatable bonds is 4. The Morgan fingerprint density at radius 2 is 2.13 bits per heavy atom. The van der Waals surface area contributed by atoms with E-state index in [0.29, 0.717) is 0 Å². The number of aromatic nitrogens is 1. The van der Waals surface area contributed by atoms with Crippen LogP contribution in [0.15, 0.2) is 41.4 Å². The molecular formula is C11H13N3S. The maximum atomic E-state index is 5.55. The van der Waals surface area contributed by atoms with E-state index < -0.39 is 0 Å². The van der Waals surface area contributed by atoms with Crippen LogP contribution in [0.2, 0.25) is 0 Å². The van der Waals surface area contributed by atoms with Gasteiger partial charge in [0, 0.05) is 12.4 Å². The molecule has 3 N–H and O–H groups in total. The van der Waals surface area contributed by atoms with Crippen LogP contribution >= 0.6 is 11.3 Å². The Balaban J connectivity index is 2.10. The van der Waals surface area contributed by atoms with Crippen LogP contribution in [0, 0.1) is 0 Å². The molecule has 0 saturated heterocycles. The van der Waals surface area contributed by atoms with Gasteiger partial charge in [0.05, 0.1) is 6.04 Å². The van der Waals surface area contributed by atoms with Crippen molar-refractivity contribution >= 4 is 11.3 Å². The Hall–Kier alpha value is -1.23. The third kappa shape index (κ3) is 2.62. The number of hydrogen-bond acceptors (Lipinski definition) is 4. The van der Waals surface area contributed by atoms with Gasteiger partial charge in [0.25, 0.3) is 0 Å². The largest absolute Gasteiger partial charge is 0.271 e. The Labute approximate surface area is 92.9 Å². The summed E-state index contributed by atoms with van der Waals surface area (Å²) in [5.74, 6) is 5.55. The van der Waals surface area contributed by atoms with E-state index in [1.807, 2.05) is 12.1 Å².